The van der Waals surface area contributed by atoms with Gasteiger partial charge in [0.2, 0.25) is 0 Å². The van der Waals surface area contributed by atoms with Gasteiger partial charge in [-0.05, 0) is 12.1 Å². The molecule has 1 aliphatic rings. The highest BCUT2D eigenvalue weighted by Gasteiger charge is 2.18. The smallest absolute Gasteiger partial charge is 0.128 e. The molecule has 0 bridgehead atoms. The summed E-state index contributed by atoms with van der Waals surface area (Å²) in [5.74, 6) is 1.85. The van der Waals surface area contributed by atoms with Gasteiger partial charge in [0.1, 0.15) is 11.5 Å². The third kappa shape index (κ3) is 4.53. The Bertz CT molecular complexity index is 435. The Labute approximate surface area is 132 Å². The van der Waals surface area contributed by atoms with Crippen LogP contribution in [0.1, 0.15) is 19.4 Å². The van der Waals surface area contributed by atoms with Crippen molar-refractivity contribution >= 4 is 11.8 Å². The van der Waals surface area contributed by atoms with Gasteiger partial charge in [-0.3, -0.25) is 4.90 Å². The summed E-state index contributed by atoms with van der Waals surface area (Å²) in [7, 11) is 3.47. The molecule has 1 N–H and O–H groups in total. The molecule has 2 rings (SSSR count). The molecule has 21 heavy (non-hydrogen) atoms. The van der Waals surface area contributed by atoms with Crippen molar-refractivity contribution in [1.29, 1.82) is 0 Å². The number of methoxy groups -OCH3 is 2. The van der Waals surface area contributed by atoms with Crippen LogP contribution in [-0.2, 0) is 6.54 Å². The minimum atomic E-state index is 0.540. The molecule has 0 atom stereocenters. The van der Waals surface area contributed by atoms with Crippen LogP contribution < -0.4 is 14.8 Å². The molecular weight excluding hydrogens is 284 g/mol. The Morgan fingerprint density at radius 2 is 1.71 bits per heavy atom. The highest BCUT2D eigenvalue weighted by molar-refractivity contribution is 7.99. The maximum absolute atomic E-state index is 5.62. The number of nitrogens with one attached hydrogen (secondary N) is 1. The highest BCUT2D eigenvalue weighted by atomic mass is 32.2. The second-order valence-corrected chi connectivity index (χ2v) is 7.15. The zero-order valence-corrected chi connectivity index (χ0v) is 14.3. The van der Waals surface area contributed by atoms with Crippen molar-refractivity contribution in [3.63, 3.8) is 0 Å². The molecule has 118 valence electrons. The van der Waals surface area contributed by atoms with Crippen molar-refractivity contribution in [2.45, 2.75) is 30.5 Å². The van der Waals surface area contributed by atoms with Gasteiger partial charge in [-0.2, -0.15) is 0 Å². The van der Waals surface area contributed by atoms with E-state index in [0.717, 1.165) is 49.8 Å². The normalized spacial score (nSPS) is 16.2. The summed E-state index contributed by atoms with van der Waals surface area (Å²) in [4.78, 5) is 3.63. The molecule has 0 unspecified atom stereocenters. The predicted octanol–water partition coefficient (Wildman–Crippen LogP) is 2.61. The summed E-state index contributed by atoms with van der Waals surface area (Å²) >= 11 is 1.83. The van der Waals surface area contributed by atoms with E-state index in [4.69, 9.17) is 9.47 Å². The van der Waals surface area contributed by atoms with E-state index in [2.05, 4.69) is 36.2 Å². The third-order valence-corrected chi connectivity index (χ3v) is 4.52. The van der Waals surface area contributed by atoms with Gasteiger partial charge >= 0.3 is 0 Å². The van der Waals surface area contributed by atoms with Crippen LogP contribution in [0.2, 0.25) is 0 Å². The topological polar surface area (TPSA) is 33.7 Å². The molecule has 1 saturated heterocycles. The summed E-state index contributed by atoms with van der Waals surface area (Å²) in [6.45, 7) is 9.48. The first-order valence-corrected chi connectivity index (χ1v) is 8.36. The summed E-state index contributed by atoms with van der Waals surface area (Å²) in [5, 5.41) is 3.92. The first-order chi connectivity index (χ1) is 10.1. The summed E-state index contributed by atoms with van der Waals surface area (Å²) in [6.07, 6.45) is 0. The molecule has 4 nitrogen and oxygen atoms in total. The number of rotatable bonds is 6. The van der Waals surface area contributed by atoms with Crippen molar-refractivity contribution < 1.29 is 9.47 Å². The highest BCUT2D eigenvalue weighted by Crippen LogP contribution is 2.36. The van der Waals surface area contributed by atoms with E-state index in [1.165, 1.54) is 4.90 Å². The first-order valence-electron chi connectivity index (χ1n) is 7.48. The molecule has 1 heterocycles. The molecule has 1 fully saturated rings. The Morgan fingerprint density at radius 3 is 2.19 bits per heavy atom. The van der Waals surface area contributed by atoms with Crippen molar-refractivity contribution in [3.8, 4) is 11.5 Å². The largest absolute Gasteiger partial charge is 0.496 e. The van der Waals surface area contributed by atoms with Gasteiger partial charge in [0, 0.05) is 42.9 Å². The predicted molar refractivity (Wildman–Crippen MR) is 88.7 cm³/mol. The fraction of sp³-hybridized carbons (Fsp3) is 0.625. The molecule has 0 spiro atoms. The van der Waals surface area contributed by atoms with Gasteiger partial charge in [0.15, 0.2) is 0 Å². The van der Waals surface area contributed by atoms with Gasteiger partial charge in [0.05, 0.1) is 19.8 Å². The van der Waals surface area contributed by atoms with Crippen LogP contribution in [-0.4, -0.2) is 50.5 Å². The number of hydrogen-bond acceptors (Lipinski definition) is 5. The average Bonchev–Trinajstić information content (AvgIpc) is 2.48. The zero-order chi connectivity index (χ0) is 15.2. The SMILES string of the molecule is COc1cc(SC(C)C)cc(OC)c1CN1CCNCC1. The second kappa shape index (κ2) is 7.92. The van der Waals surface area contributed by atoms with E-state index in [0.29, 0.717) is 5.25 Å². The molecule has 0 saturated carbocycles. The van der Waals surface area contributed by atoms with E-state index in [9.17, 15) is 0 Å². The van der Waals surface area contributed by atoms with E-state index in [1.54, 1.807) is 14.2 Å². The minimum absolute atomic E-state index is 0.540. The number of nitrogens with zero attached hydrogens (tertiary/aromatic N) is 1. The molecule has 1 aliphatic heterocycles. The molecule has 0 amide bonds. The Morgan fingerprint density at radius 1 is 1.14 bits per heavy atom. The number of thioether (sulfide) groups is 1. The number of benzene rings is 1. The summed E-state index contributed by atoms with van der Waals surface area (Å²) in [6, 6.07) is 4.26. The van der Waals surface area contributed by atoms with Gasteiger partial charge in [-0.25, -0.2) is 0 Å². The van der Waals surface area contributed by atoms with Crippen molar-refractivity contribution in [1.82, 2.24) is 10.2 Å². The fourth-order valence-corrected chi connectivity index (χ4v) is 3.44. The lowest BCUT2D eigenvalue weighted by Crippen LogP contribution is -2.43. The van der Waals surface area contributed by atoms with Gasteiger partial charge in [-0.1, -0.05) is 13.8 Å². The minimum Gasteiger partial charge on any atom is -0.496 e. The van der Waals surface area contributed by atoms with E-state index in [-0.39, 0.29) is 0 Å². The quantitative estimate of drug-likeness (QED) is 0.817. The fourth-order valence-electron chi connectivity index (χ4n) is 2.55. The third-order valence-electron chi connectivity index (χ3n) is 3.54. The molecular formula is C16H26N2O2S. The van der Waals surface area contributed by atoms with Crippen molar-refractivity contribution in [2.75, 3.05) is 40.4 Å². The monoisotopic (exact) mass is 310 g/mol. The van der Waals surface area contributed by atoms with Gasteiger partial charge < -0.3 is 14.8 Å². The van der Waals surface area contributed by atoms with Crippen LogP contribution in [0, 0.1) is 0 Å². The molecule has 5 heteroatoms. The molecule has 1 aromatic carbocycles. The lowest BCUT2D eigenvalue weighted by molar-refractivity contribution is 0.226. The maximum atomic E-state index is 5.62. The van der Waals surface area contributed by atoms with Crippen LogP contribution in [0.5, 0.6) is 11.5 Å². The van der Waals surface area contributed by atoms with Crippen LogP contribution >= 0.6 is 11.8 Å². The Balaban J connectivity index is 2.24. The van der Waals surface area contributed by atoms with Gasteiger partial charge in [0.25, 0.3) is 0 Å². The van der Waals surface area contributed by atoms with Crippen molar-refractivity contribution in [3.05, 3.63) is 17.7 Å². The zero-order valence-electron chi connectivity index (χ0n) is 13.4. The first kappa shape index (κ1) is 16.5. The van der Waals surface area contributed by atoms with Gasteiger partial charge in [-0.15, -0.1) is 11.8 Å². The molecule has 0 radical (unpaired) electrons. The summed E-state index contributed by atoms with van der Waals surface area (Å²) < 4.78 is 11.2. The van der Waals surface area contributed by atoms with E-state index < -0.39 is 0 Å². The van der Waals surface area contributed by atoms with Crippen LogP contribution in [0.25, 0.3) is 0 Å². The van der Waals surface area contributed by atoms with E-state index in [1.807, 2.05) is 11.8 Å². The molecule has 0 aromatic heterocycles. The lowest BCUT2D eigenvalue weighted by Gasteiger charge is -2.28. The maximum Gasteiger partial charge on any atom is 0.128 e. The molecule has 1 aromatic rings. The van der Waals surface area contributed by atoms with Crippen LogP contribution in [0.4, 0.5) is 0 Å². The molecule has 0 aliphatic carbocycles. The number of hydrogen-bond donors (Lipinski definition) is 1. The Hall–Kier alpha value is -0.910. The van der Waals surface area contributed by atoms with E-state index >= 15 is 0 Å². The second-order valence-electron chi connectivity index (χ2n) is 5.50. The number of ether oxygens (including phenoxy) is 2. The van der Waals surface area contributed by atoms with Crippen LogP contribution in [0.3, 0.4) is 0 Å². The van der Waals surface area contributed by atoms with Crippen molar-refractivity contribution in [2.24, 2.45) is 0 Å². The standard InChI is InChI=1S/C16H26N2O2S/c1-12(2)21-13-9-15(19-3)14(16(10-13)20-4)11-18-7-5-17-6-8-18/h9-10,12,17H,5-8,11H2,1-4H3. The average molecular weight is 310 g/mol. The number of piperazine rings is 1. The van der Waals surface area contributed by atoms with Crippen LogP contribution in [0.15, 0.2) is 17.0 Å². The Kier molecular flexibility index (Phi) is 6.21. The summed E-state index contributed by atoms with van der Waals surface area (Å²) in [5.41, 5.74) is 1.15. The lowest BCUT2D eigenvalue weighted by atomic mass is 10.1.